The zero-order valence-corrected chi connectivity index (χ0v) is 14.9. The van der Waals surface area contributed by atoms with Crippen LogP contribution in [0.4, 0.5) is 0 Å². The van der Waals surface area contributed by atoms with Crippen molar-refractivity contribution >= 4 is 35.6 Å². The zero-order chi connectivity index (χ0) is 15.2. The van der Waals surface area contributed by atoms with E-state index in [0.29, 0.717) is 22.7 Å². The highest BCUT2D eigenvalue weighted by atomic mass is 35.5. The van der Waals surface area contributed by atoms with Crippen LogP contribution in [0.3, 0.4) is 0 Å². The van der Waals surface area contributed by atoms with Crippen molar-refractivity contribution in [3.05, 3.63) is 63.6 Å². The molecule has 0 aliphatic heterocycles. The van der Waals surface area contributed by atoms with Crippen molar-refractivity contribution in [1.82, 2.24) is 5.32 Å². The van der Waals surface area contributed by atoms with Crippen molar-refractivity contribution in [1.29, 1.82) is 0 Å². The Labute approximate surface area is 148 Å². The van der Waals surface area contributed by atoms with Crippen LogP contribution in [0.15, 0.2) is 42.5 Å². The summed E-state index contributed by atoms with van der Waals surface area (Å²) in [7, 11) is 0. The summed E-state index contributed by atoms with van der Waals surface area (Å²) in [6.07, 6.45) is 0. The minimum absolute atomic E-state index is 0. The van der Waals surface area contributed by atoms with Gasteiger partial charge in [-0.25, -0.2) is 0 Å². The summed E-state index contributed by atoms with van der Waals surface area (Å²) >= 11 is 12.1. The van der Waals surface area contributed by atoms with Crippen LogP contribution in [0, 0.1) is 0 Å². The van der Waals surface area contributed by atoms with Gasteiger partial charge in [0.15, 0.2) is 0 Å². The molecule has 0 aliphatic rings. The van der Waals surface area contributed by atoms with Crippen LogP contribution in [-0.4, -0.2) is 6.04 Å². The summed E-state index contributed by atoms with van der Waals surface area (Å²) in [5.41, 5.74) is 2.06. The standard InChI is InChI=1S/C17H19Cl2NO.ClH/c1-12(2)20-10-13-5-3-4-6-17(13)21-11-14-7-8-15(18)9-16(14)19;/h3-9,12,20H,10-11H2,1-2H3;1H. The number of hydrogen-bond acceptors (Lipinski definition) is 2. The number of para-hydroxylation sites is 1. The summed E-state index contributed by atoms with van der Waals surface area (Å²) < 4.78 is 5.91. The number of hydrogen-bond donors (Lipinski definition) is 1. The van der Waals surface area contributed by atoms with Gasteiger partial charge in [-0.1, -0.05) is 61.3 Å². The third kappa shape index (κ3) is 5.69. The van der Waals surface area contributed by atoms with Gasteiger partial charge in [-0.15, -0.1) is 12.4 Å². The van der Waals surface area contributed by atoms with Crippen molar-refractivity contribution in [2.45, 2.75) is 33.0 Å². The lowest BCUT2D eigenvalue weighted by Crippen LogP contribution is -2.22. The molecule has 22 heavy (non-hydrogen) atoms. The van der Waals surface area contributed by atoms with E-state index in [1.165, 1.54) is 0 Å². The molecule has 0 spiro atoms. The van der Waals surface area contributed by atoms with Crippen LogP contribution in [0.2, 0.25) is 10.0 Å². The smallest absolute Gasteiger partial charge is 0.124 e. The second-order valence-electron chi connectivity index (χ2n) is 5.17. The first-order valence-corrected chi connectivity index (χ1v) is 7.70. The Balaban J connectivity index is 0.00000242. The summed E-state index contributed by atoms with van der Waals surface area (Å²) in [5, 5.41) is 4.65. The molecule has 0 unspecified atom stereocenters. The van der Waals surface area contributed by atoms with Crippen LogP contribution >= 0.6 is 35.6 Å². The monoisotopic (exact) mass is 359 g/mol. The maximum Gasteiger partial charge on any atom is 0.124 e. The largest absolute Gasteiger partial charge is 0.489 e. The molecule has 0 aliphatic carbocycles. The molecule has 0 bridgehead atoms. The van der Waals surface area contributed by atoms with Gasteiger partial charge in [0, 0.05) is 33.8 Å². The average Bonchev–Trinajstić information content (AvgIpc) is 2.45. The fourth-order valence-corrected chi connectivity index (χ4v) is 2.36. The molecule has 0 heterocycles. The predicted octanol–water partition coefficient (Wildman–Crippen LogP) is 5.49. The highest BCUT2D eigenvalue weighted by Crippen LogP contribution is 2.24. The van der Waals surface area contributed by atoms with E-state index in [0.717, 1.165) is 23.4 Å². The third-order valence-electron chi connectivity index (χ3n) is 3.07. The summed E-state index contributed by atoms with van der Waals surface area (Å²) in [6, 6.07) is 13.9. The Morgan fingerprint density at radius 3 is 2.45 bits per heavy atom. The van der Waals surface area contributed by atoms with E-state index in [1.807, 2.05) is 30.3 Å². The molecule has 2 nitrogen and oxygen atoms in total. The van der Waals surface area contributed by atoms with Gasteiger partial charge in [0.1, 0.15) is 12.4 Å². The Hall–Kier alpha value is -0.930. The number of halogens is 3. The van der Waals surface area contributed by atoms with Crippen LogP contribution in [-0.2, 0) is 13.2 Å². The molecule has 0 fully saturated rings. The maximum absolute atomic E-state index is 6.16. The maximum atomic E-state index is 6.16. The SMILES string of the molecule is CC(C)NCc1ccccc1OCc1ccc(Cl)cc1Cl.Cl. The molecule has 2 aromatic carbocycles. The van der Waals surface area contributed by atoms with Crippen molar-refractivity contribution in [2.75, 3.05) is 0 Å². The molecule has 0 saturated heterocycles. The second-order valence-corrected chi connectivity index (χ2v) is 6.01. The van der Waals surface area contributed by atoms with Gasteiger partial charge >= 0.3 is 0 Å². The van der Waals surface area contributed by atoms with E-state index in [4.69, 9.17) is 27.9 Å². The molecular weight excluding hydrogens is 341 g/mol. The number of ether oxygens (including phenoxy) is 1. The van der Waals surface area contributed by atoms with Crippen LogP contribution in [0.25, 0.3) is 0 Å². The van der Waals surface area contributed by atoms with E-state index >= 15 is 0 Å². The molecule has 0 amide bonds. The molecule has 0 radical (unpaired) electrons. The Morgan fingerprint density at radius 2 is 1.77 bits per heavy atom. The number of rotatable bonds is 6. The second kappa shape index (κ2) is 9.26. The molecule has 0 aromatic heterocycles. The zero-order valence-electron chi connectivity index (χ0n) is 12.6. The normalized spacial score (nSPS) is 10.4. The molecule has 120 valence electrons. The number of nitrogens with one attached hydrogen (secondary N) is 1. The van der Waals surface area contributed by atoms with Crippen molar-refractivity contribution in [3.8, 4) is 5.75 Å². The Morgan fingerprint density at radius 1 is 1.05 bits per heavy atom. The summed E-state index contributed by atoms with van der Waals surface area (Å²) in [6.45, 7) is 5.45. The lowest BCUT2D eigenvalue weighted by atomic mass is 10.2. The fourth-order valence-electron chi connectivity index (χ4n) is 1.90. The highest BCUT2D eigenvalue weighted by molar-refractivity contribution is 6.35. The Bertz CT molecular complexity index is 602. The van der Waals surface area contributed by atoms with Gasteiger partial charge in [-0.3, -0.25) is 0 Å². The van der Waals surface area contributed by atoms with Gasteiger partial charge < -0.3 is 10.1 Å². The van der Waals surface area contributed by atoms with Crippen LogP contribution < -0.4 is 10.1 Å². The first-order chi connectivity index (χ1) is 10.1. The van der Waals surface area contributed by atoms with Crippen LogP contribution in [0.1, 0.15) is 25.0 Å². The molecule has 5 heteroatoms. The first kappa shape index (κ1) is 19.1. The van der Waals surface area contributed by atoms with Gasteiger partial charge in [0.2, 0.25) is 0 Å². The number of benzene rings is 2. The Kier molecular flexibility index (Phi) is 8.05. The van der Waals surface area contributed by atoms with Gasteiger partial charge in [-0.05, 0) is 18.2 Å². The van der Waals surface area contributed by atoms with Crippen molar-refractivity contribution in [2.24, 2.45) is 0 Å². The minimum Gasteiger partial charge on any atom is -0.489 e. The van der Waals surface area contributed by atoms with Gasteiger partial charge in [-0.2, -0.15) is 0 Å². The minimum atomic E-state index is 0. The topological polar surface area (TPSA) is 21.3 Å². The van der Waals surface area contributed by atoms with Gasteiger partial charge in [0.25, 0.3) is 0 Å². The molecule has 1 N–H and O–H groups in total. The van der Waals surface area contributed by atoms with Crippen molar-refractivity contribution in [3.63, 3.8) is 0 Å². The predicted molar refractivity (Wildman–Crippen MR) is 96.5 cm³/mol. The lowest BCUT2D eigenvalue weighted by Gasteiger charge is -2.14. The summed E-state index contributed by atoms with van der Waals surface area (Å²) in [4.78, 5) is 0. The quantitative estimate of drug-likeness (QED) is 0.735. The van der Waals surface area contributed by atoms with E-state index in [-0.39, 0.29) is 12.4 Å². The van der Waals surface area contributed by atoms with E-state index in [9.17, 15) is 0 Å². The van der Waals surface area contributed by atoms with E-state index < -0.39 is 0 Å². The molecule has 2 aromatic rings. The summed E-state index contributed by atoms with van der Waals surface area (Å²) in [5.74, 6) is 0.872. The van der Waals surface area contributed by atoms with Crippen molar-refractivity contribution < 1.29 is 4.74 Å². The van der Waals surface area contributed by atoms with E-state index in [1.54, 1.807) is 6.07 Å². The molecular formula is C17H20Cl3NO. The molecule has 0 atom stereocenters. The lowest BCUT2D eigenvalue weighted by molar-refractivity contribution is 0.302. The van der Waals surface area contributed by atoms with Crippen LogP contribution in [0.5, 0.6) is 5.75 Å². The fraction of sp³-hybridized carbons (Fsp3) is 0.294. The van der Waals surface area contributed by atoms with E-state index in [2.05, 4.69) is 25.2 Å². The molecule has 0 saturated carbocycles. The highest BCUT2D eigenvalue weighted by Gasteiger charge is 2.06. The first-order valence-electron chi connectivity index (χ1n) is 6.94. The molecule has 2 rings (SSSR count). The average molecular weight is 361 g/mol. The third-order valence-corrected chi connectivity index (χ3v) is 3.66. The van der Waals surface area contributed by atoms with Gasteiger partial charge in [0.05, 0.1) is 0 Å².